The average molecular weight is 389 g/mol. The van der Waals surface area contributed by atoms with Crippen LogP contribution in [0.15, 0.2) is 41.3 Å². The van der Waals surface area contributed by atoms with Gasteiger partial charge >= 0.3 is 6.18 Å². The van der Waals surface area contributed by atoms with Gasteiger partial charge in [0, 0.05) is 11.8 Å². The number of imide groups is 1. The topological polar surface area (TPSA) is 77.4 Å². The van der Waals surface area contributed by atoms with Crippen LogP contribution in [0.4, 0.5) is 13.2 Å². The van der Waals surface area contributed by atoms with Gasteiger partial charge in [0.2, 0.25) is 5.91 Å². The Kier molecular flexibility index (Phi) is 5.71. The molecular weight excluding hydrogens is 377 g/mol. The number of alkyl halides is 3. The van der Waals surface area contributed by atoms with Crippen molar-refractivity contribution in [3.8, 4) is 5.75 Å². The number of aromatic nitrogens is 1. The Labute approximate surface area is 150 Å². The minimum absolute atomic E-state index is 0.133. The SMILES string of the molecule is COc1ccc(C(=O)NC(=O)Cn2cc(C(F)(F)F)cc(Cl)c2=O)cc1. The molecule has 0 aliphatic carbocycles. The highest BCUT2D eigenvalue weighted by atomic mass is 35.5. The number of methoxy groups -OCH3 is 1. The van der Waals surface area contributed by atoms with Gasteiger partial charge in [0.25, 0.3) is 11.5 Å². The molecule has 0 saturated carbocycles. The molecule has 6 nitrogen and oxygen atoms in total. The van der Waals surface area contributed by atoms with Gasteiger partial charge in [-0.2, -0.15) is 13.2 Å². The first-order chi connectivity index (χ1) is 12.1. The number of nitrogens with one attached hydrogen (secondary N) is 1. The Morgan fingerprint density at radius 3 is 2.38 bits per heavy atom. The summed E-state index contributed by atoms with van der Waals surface area (Å²) in [5.74, 6) is -1.25. The summed E-state index contributed by atoms with van der Waals surface area (Å²) in [4.78, 5) is 35.7. The van der Waals surface area contributed by atoms with Crippen LogP contribution in [-0.2, 0) is 17.5 Å². The number of hydrogen-bond donors (Lipinski definition) is 1. The Morgan fingerprint density at radius 1 is 1.23 bits per heavy atom. The Balaban J connectivity index is 2.15. The number of hydrogen-bond acceptors (Lipinski definition) is 4. The quantitative estimate of drug-likeness (QED) is 0.873. The number of carbonyl (C=O) groups excluding carboxylic acids is 2. The van der Waals surface area contributed by atoms with Gasteiger partial charge in [-0.3, -0.25) is 19.7 Å². The highest BCUT2D eigenvalue weighted by molar-refractivity contribution is 6.30. The smallest absolute Gasteiger partial charge is 0.417 e. The standard InChI is InChI=1S/C16H12ClF3N2O4/c1-26-11-4-2-9(3-5-11)14(24)21-13(23)8-22-7-10(16(18,19)20)6-12(17)15(22)25/h2-7H,8H2,1H3,(H,21,23,24). The van der Waals surface area contributed by atoms with Crippen molar-refractivity contribution in [2.75, 3.05) is 7.11 Å². The fourth-order valence-corrected chi connectivity index (χ4v) is 2.23. The van der Waals surface area contributed by atoms with Crippen LogP contribution in [0.5, 0.6) is 5.75 Å². The first-order valence-corrected chi connectivity index (χ1v) is 7.45. The van der Waals surface area contributed by atoms with Crippen molar-refractivity contribution in [3.05, 3.63) is 63.0 Å². The summed E-state index contributed by atoms with van der Waals surface area (Å²) in [6.07, 6.45) is -4.28. The van der Waals surface area contributed by atoms with Gasteiger partial charge in [-0.15, -0.1) is 0 Å². The summed E-state index contributed by atoms with van der Waals surface area (Å²) in [6.45, 7) is -0.801. The number of carbonyl (C=O) groups is 2. The molecule has 0 bridgehead atoms. The minimum atomic E-state index is -4.74. The zero-order valence-electron chi connectivity index (χ0n) is 13.3. The Morgan fingerprint density at radius 2 is 1.85 bits per heavy atom. The van der Waals surface area contributed by atoms with E-state index in [0.29, 0.717) is 22.6 Å². The third-order valence-electron chi connectivity index (χ3n) is 3.29. The van der Waals surface area contributed by atoms with Gasteiger partial charge in [-0.1, -0.05) is 11.6 Å². The fraction of sp³-hybridized carbons (Fsp3) is 0.188. The Hall–Kier alpha value is -2.81. The number of benzene rings is 1. The first-order valence-electron chi connectivity index (χ1n) is 7.07. The first kappa shape index (κ1) is 19.5. The van der Waals surface area contributed by atoms with Crippen LogP contribution < -0.4 is 15.6 Å². The predicted molar refractivity (Wildman–Crippen MR) is 86.2 cm³/mol. The van der Waals surface area contributed by atoms with E-state index in [4.69, 9.17) is 16.3 Å². The molecule has 10 heteroatoms. The minimum Gasteiger partial charge on any atom is -0.497 e. The molecule has 1 aromatic carbocycles. The van der Waals surface area contributed by atoms with E-state index in [2.05, 4.69) is 0 Å². The molecule has 0 unspecified atom stereocenters. The molecule has 26 heavy (non-hydrogen) atoms. The molecule has 0 atom stereocenters. The van der Waals surface area contributed by atoms with Gasteiger partial charge < -0.3 is 9.30 Å². The lowest BCUT2D eigenvalue weighted by Gasteiger charge is -2.11. The van der Waals surface area contributed by atoms with Gasteiger partial charge in [-0.05, 0) is 30.3 Å². The molecule has 0 fully saturated rings. The highest BCUT2D eigenvalue weighted by Crippen LogP contribution is 2.29. The molecule has 2 aromatic rings. The number of halogens is 4. The number of rotatable bonds is 4. The number of nitrogens with zero attached hydrogens (tertiary/aromatic N) is 1. The second kappa shape index (κ2) is 7.61. The predicted octanol–water partition coefficient (Wildman–Crippen LogP) is 2.49. The molecule has 0 aliphatic rings. The molecule has 1 aromatic heterocycles. The van der Waals surface area contributed by atoms with Crippen molar-refractivity contribution in [1.29, 1.82) is 0 Å². The van der Waals surface area contributed by atoms with E-state index in [1.807, 2.05) is 5.32 Å². The molecule has 2 amide bonds. The molecule has 1 N–H and O–H groups in total. The summed E-state index contributed by atoms with van der Waals surface area (Å²) < 4.78 is 43.7. The van der Waals surface area contributed by atoms with Crippen molar-refractivity contribution in [3.63, 3.8) is 0 Å². The van der Waals surface area contributed by atoms with Crippen LogP contribution in [0, 0.1) is 0 Å². The number of amides is 2. The van der Waals surface area contributed by atoms with Crippen LogP contribution in [-0.4, -0.2) is 23.5 Å². The van der Waals surface area contributed by atoms with Crippen LogP contribution in [0.1, 0.15) is 15.9 Å². The molecule has 0 aliphatic heterocycles. The summed E-state index contributed by atoms with van der Waals surface area (Å²) in [5, 5.41) is 1.30. The maximum absolute atomic E-state index is 12.8. The Bertz CT molecular complexity index is 892. The van der Waals surface area contributed by atoms with E-state index >= 15 is 0 Å². The maximum Gasteiger partial charge on any atom is 0.417 e. The van der Waals surface area contributed by atoms with E-state index in [0.717, 1.165) is 0 Å². The maximum atomic E-state index is 12.8. The van der Waals surface area contributed by atoms with Crippen LogP contribution in [0.25, 0.3) is 0 Å². The molecule has 0 saturated heterocycles. The zero-order chi connectivity index (χ0) is 19.5. The zero-order valence-corrected chi connectivity index (χ0v) is 14.0. The molecule has 138 valence electrons. The summed E-state index contributed by atoms with van der Waals surface area (Å²) >= 11 is 5.49. The van der Waals surface area contributed by atoms with Crippen molar-refractivity contribution in [1.82, 2.24) is 9.88 Å². The summed E-state index contributed by atoms with van der Waals surface area (Å²) in [7, 11) is 1.44. The molecular formula is C16H12ClF3N2O4. The van der Waals surface area contributed by atoms with Crippen molar-refractivity contribution < 1.29 is 27.5 Å². The lowest BCUT2D eigenvalue weighted by atomic mass is 10.2. The second-order valence-electron chi connectivity index (χ2n) is 5.11. The third-order valence-corrected chi connectivity index (χ3v) is 3.56. The molecule has 0 spiro atoms. The van der Waals surface area contributed by atoms with Gasteiger partial charge in [0.1, 0.15) is 17.3 Å². The van der Waals surface area contributed by atoms with Crippen molar-refractivity contribution in [2.24, 2.45) is 0 Å². The lowest BCUT2D eigenvalue weighted by molar-refractivity contribution is -0.138. The van der Waals surface area contributed by atoms with Gasteiger partial charge in [-0.25, -0.2) is 0 Å². The lowest BCUT2D eigenvalue weighted by Crippen LogP contribution is -2.36. The van der Waals surface area contributed by atoms with Crippen LogP contribution in [0.2, 0.25) is 5.02 Å². The fourth-order valence-electron chi connectivity index (χ4n) is 2.01. The third kappa shape index (κ3) is 4.63. The van der Waals surface area contributed by atoms with E-state index in [-0.39, 0.29) is 5.56 Å². The monoisotopic (exact) mass is 388 g/mol. The normalized spacial score (nSPS) is 11.1. The van der Waals surface area contributed by atoms with Crippen molar-refractivity contribution >= 4 is 23.4 Å². The molecule has 0 radical (unpaired) electrons. The van der Waals surface area contributed by atoms with Crippen molar-refractivity contribution in [2.45, 2.75) is 12.7 Å². The number of ether oxygens (including phenoxy) is 1. The van der Waals surface area contributed by atoms with Gasteiger partial charge in [0.15, 0.2) is 0 Å². The second-order valence-corrected chi connectivity index (χ2v) is 5.52. The van der Waals surface area contributed by atoms with E-state index in [9.17, 15) is 27.6 Å². The summed E-state index contributed by atoms with van der Waals surface area (Å²) in [5.41, 5.74) is -2.03. The largest absolute Gasteiger partial charge is 0.497 e. The number of pyridine rings is 1. The van der Waals surface area contributed by atoms with E-state index < -0.39 is 40.7 Å². The van der Waals surface area contributed by atoms with Crippen LogP contribution >= 0.6 is 11.6 Å². The molecule has 1 heterocycles. The van der Waals surface area contributed by atoms with Crippen LogP contribution in [0.3, 0.4) is 0 Å². The average Bonchev–Trinajstić information content (AvgIpc) is 2.57. The highest BCUT2D eigenvalue weighted by Gasteiger charge is 2.32. The van der Waals surface area contributed by atoms with E-state index in [1.165, 1.54) is 31.4 Å². The summed E-state index contributed by atoms with van der Waals surface area (Å²) in [6, 6.07) is 6.26. The van der Waals surface area contributed by atoms with Gasteiger partial charge in [0.05, 0.1) is 12.7 Å². The van der Waals surface area contributed by atoms with E-state index in [1.54, 1.807) is 0 Å². The molecule has 2 rings (SSSR count).